The molecular weight excluding hydrogens is 456 g/mol. The lowest BCUT2D eigenvalue weighted by Gasteiger charge is -2.35. The Balaban J connectivity index is 2.05. The van der Waals surface area contributed by atoms with Crippen molar-refractivity contribution in [3.8, 4) is 6.07 Å². The lowest BCUT2D eigenvalue weighted by molar-refractivity contribution is -0.122. The van der Waals surface area contributed by atoms with Crippen LogP contribution in [0.15, 0.2) is 9.70 Å². The van der Waals surface area contributed by atoms with E-state index in [4.69, 9.17) is 17.0 Å². The predicted octanol–water partition coefficient (Wildman–Crippen LogP) is 3.91. The van der Waals surface area contributed by atoms with Gasteiger partial charge in [-0.1, -0.05) is 30.9 Å². The van der Waals surface area contributed by atoms with Crippen molar-refractivity contribution < 1.29 is 9.53 Å². The Kier molecular flexibility index (Phi) is 8.74. The Morgan fingerprint density at radius 2 is 1.97 bits per heavy atom. The van der Waals surface area contributed by atoms with Crippen molar-refractivity contribution in [2.75, 3.05) is 37.7 Å². The molecule has 1 amide bonds. The number of carbonyl (C=O) groups excluding carboxylic acids is 1. The fraction of sp³-hybridized carbons (Fsp3) is 0.583. The first-order chi connectivity index (χ1) is 15.8. The number of rotatable bonds is 8. The molecule has 2 fully saturated rings. The Hall–Kier alpha value is -2.15. The highest BCUT2D eigenvalue weighted by molar-refractivity contribution is 8.26. The SMILES string of the molecule is CCOCCCN1C(=O)C(=Cc2c(C)c(C#N)c(=O)n(CC)c2N2CCC(C)CC2)SC1=S. The molecule has 0 aromatic carbocycles. The lowest BCUT2D eigenvalue weighted by Crippen LogP contribution is -2.39. The van der Waals surface area contributed by atoms with E-state index in [0.29, 0.717) is 53.4 Å². The van der Waals surface area contributed by atoms with Crippen molar-refractivity contribution in [1.29, 1.82) is 5.26 Å². The molecule has 9 heteroatoms. The molecule has 0 bridgehead atoms. The number of thiocarbonyl (C=S) groups is 1. The zero-order valence-corrected chi connectivity index (χ0v) is 21.5. The summed E-state index contributed by atoms with van der Waals surface area (Å²) in [4.78, 5) is 30.6. The van der Waals surface area contributed by atoms with Crippen LogP contribution in [-0.4, -0.2) is 52.5 Å². The average Bonchev–Trinajstić information content (AvgIpc) is 3.06. The number of hydrogen-bond donors (Lipinski definition) is 0. The number of nitrogens with zero attached hydrogens (tertiary/aromatic N) is 4. The monoisotopic (exact) mass is 488 g/mol. The van der Waals surface area contributed by atoms with Gasteiger partial charge in [0.1, 0.15) is 21.8 Å². The maximum atomic E-state index is 13.2. The van der Waals surface area contributed by atoms with Crippen LogP contribution in [0, 0.1) is 24.2 Å². The van der Waals surface area contributed by atoms with Crippen molar-refractivity contribution in [1.82, 2.24) is 9.47 Å². The molecule has 3 heterocycles. The Labute approximate surface area is 205 Å². The summed E-state index contributed by atoms with van der Waals surface area (Å²) in [6.45, 7) is 11.8. The largest absolute Gasteiger partial charge is 0.382 e. The van der Waals surface area contributed by atoms with Gasteiger partial charge in [-0.15, -0.1) is 0 Å². The zero-order chi connectivity index (χ0) is 24.1. The summed E-state index contributed by atoms with van der Waals surface area (Å²) in [6.07, 6.45) is 4.62. The van der Waals surface area contributed by atoms with Gasteiger partial charge in [0, 0.05) is 45.0 Å². The highest BCUT2D eigenvalue weighted by atomic mass is 32.2. The van der Waals surface area contributed by atoms with Gasteiger partial charge in [0.2, 0.25) is 0 Å². The van der Waals surface area contributed by atoms with Gasteiger partial charge in [-0.05, 0) is 57.6 Å². The predicted molar refractivity (Wildman–Crippen MR) is 137 cm³/mol. The number of aromatic nitrogens is 1. The molecule has 1 aromatic rings. The molecule has 0 atom stereocenters. The molecule has 2 aliphatic rings. The van der Waals surface area contributed by atoms with E-state index >= 15 is 0 Å². The number of nitriles is 1. The smallest absolute Gasteiger partial charge is 0.270 e. The Morgan fingerprint density at radius 1 is 1.27 bits per heavy atom. The van der Waals surface area contributed by atoms with Gasteiger partial charge in [0.15, 0.2) is 0 Å². The molecule has 0 saturated carbocycles. The zero-order valence-electron chi connectivity index (χ0n) is 19.8. The fourth-order valence-electron chi connectivity index (χ4n) is 4.29. The fourth-order valence-corrected chi connectivity index (χ4v) is 5.58. The Bertz CT molecular complexity index is 1050. The summed E-state index contributed by atoms with van der Waals surface area (Å²) in [7, 11) is 0. The van der Waals surface area contributed by atoms with Crippen LogP contribution < -0.4 is 10.5 Å². The Morgan fingerprint density at radius 3 is 2.58 bits per heavy atom. The first-order valence-corrected chi connectivity index (χ1v) is 12.8. The van der Waals surface area contributed by atoms with Crippen molar-refractivity contribution in [2.45, 2.75) is 53.5 Å². The number of pyridine rings is 1. The van der Waals surface area contributed by atoms with Crippen molar-refractivity contribution in [3.05, 3.63) is 31.9 Å². The maximum Gasteiger partial charge on any atom is 0.270 e. The number of carbonyl (C=O) groups is 1. The van der Waals surface area contributed by atoms with Gasteiger partial charge in [0.25, 0.3) is 11.5 Å². The molecule has 33 heavy (non-hydrogen) atoms. The number of amides is 1. The van der Waals surface area contributed by atoms with Crippen molar-refractivity contribution >= 4 is 46.1 Å². The number of anilines is 1. The van der Waals surface area contributed by atoms with Gasteiger partial charge in [-0.25, -0.2) is 0 Å². The summed E-state index contributed by atoms with van der Waals surface area (Å²) >= 11 is 6.75. The highest BCUT2D eigenvalue weighted by Crippen LogP contribution is 2.36. The minimum Gasteiger partial charge on any atom is -0.382 e. The third-order valence-electron chi connectivity index (χ3n) is 6.27. The van der Waals surface area contributed by atoms with E-state index in [9.17, 15) is 14.9 Å². The van der Waals surface area contributed by atoms with Gasteiger partial charge >= 0.3 is 0 Å². The van der Waals surface area contributed by atoms with Gasteiger partial charge in [0.05, 0.1) is 4.91 Å². The normalized spacial score (nSPS) is 18.5. The third-order valence-corrected chi connectivity index (χ3v) is 7.65. The molecule has 0 unspecified atom stereocenters. The van der Waals surface area contributed by atoms with Crippen molar-refractivity contribution in [2.24, 2.45) is 5.92 Å². The molecule has 1 aromatic heterocycles. The van der Waals surface area contributed by atoms with Crippen LogP contribution in [0.5, 0.6) is 0 Å². The van der Waals surface area contributed by atoms with E-state index in [1.54, 1.807) is 16.4 Å². The van der Waals surface area contributed by atoms with E-state index in [-0.39, 0.29) is 17.0 Å². The third kappa shape index (κ3) is 5.34. The topological polar surface area (TPSA) is 78.6 Å². The van der Waals surface area contributed by atoms with Crippen LogP contribution in [0.2, 0.25) is 0 Å². The van der Waals surface area contributed by atoms with E-state index in [0.717, 1.165) is 37.3 Å². The molecule has 2 aliphatic heterocycles. The van der Waals surface area contributed by atoms with Gasteiger partial charge < -0.3 is 9.64 Å². The van der Waals surface area contributed by atoms with Crippen LogP contribution in [0.4, 0.5) is 5.82 Å². The molecule has 2 saturated heterocycles. The first kappa shape index (κ1) is 25.5. The minimum absolute atomic E-state index is 0.129. The van der Waals surface area contributed by atoms with E-state index in [1.165, 1.54) is 11.8 Å². The van der Waals surface area contributed by atoms with Crippen LogP contribution in [-0.2, 0) is 16.1 Å². The van der Waals surface area contributed by atoms with Gasteiger partial charge in [-0.3, -0.25) is 19.1 Å². The molecule has 178 valence electrons. The second kappa shape index (κ2) is 11.3. The average molecular weight is 489 g/mol. The van der Waals surface area contributed by atoms with Gasteiger partial charge in [-0.2, -0.15) is 5.26 Å². The van der Waals surface area contributed by atoms with Crippen LogP contribution in [0.3, 0.4) is 0 Å². The number of piperidine rings is 1. The molecule has 0 spiro atoms. The standard InChI is InChI=1S/C24H32N4O3S2/c1-5-27-21(26-11-8-16(3)9-12-26)18(17(4)19(15-25)22(27)29)14-20-23(30)28(24(32)33-20)10-7-13-31-6-2/h14,16H,5-13H2,1-4H3. The second-order valence-electron chi connectivity index (χ2n) is 8.45. The first-order valence-electron chi connectivity index (χ1n) is 11.6. The number of thioether (sulfide) groups is 1. The molecule has 0 aliphatic carbocycles. The number of ether oxygens (including phenoxy) is 1. The second-order valence-corrected chi connectivity index (χ2v) is 10.1. The molecule has 7 nitrogen and oxygen atoms in total. The summed E-state index contributed by atoms with van der Waals surface area (Å²) in [6, 6.07) is 2.09. The van der Waals surface area contributed by atoms with Crippen LogP contribution >= 0.6 is 24.0 Å². The number of hydrogen-bond acceptors (Lipinski definition) is 7. The summed E-state index contributed by atoms with van der Waals surface area (Å²) < 4.78 is 7.59. The van der Waals surface area contributed by atoms with E-state index in [1.807, 2.05) is 19.9 Å². The molecular formula is C24H32N4O3S2. The molecule has 0 radical (unpaired) electrons. The minimum atomic E-state index is -0.272. The quantitative estimate of drug-likeness (QED) is 0.312. The summed E-state index contributed by atoms with van der Waals surface area (Å²) in [5.41, 5.74) is 1.23. The highest BCUT2D eigenvalue weighted by Gasteiger charge is 2.33. The molecule has 0 N–H and O–H groups in total. The molecule has 3 rings (SSSR count). The van der Waals surface area contributed by atoms with E-state index in [2.05, 4.69) is 17.9 Å². The van der Waals surface area contributed by atoms with Crippen LogP contribution in [0.1, 0.15) is 56.7 Å². The summed E-state index contributed by atoms with van der Waals surface area (Å²) in [5, 5.41) is 9.71. The van der Waals surface area contributed by atoms with Crippen molar-refractivity contribution in [3.63, 3.8) is 0 Å². The van der Waals surface area contributed by atoms with Crippen LogP contribution in [0.25, 0.3) is 6.08 Å². The maximum absolute atomic E-state index is 13.2. The van der Waals surface area contributed by atoms with E-state index < -0.39 is 0 Å². The summed E-state index contributed by atoms with van der Waals surface area (Å²) in [5.74, 6) is 1.30. The lowest BCUT2D eigenvalue weighted by atomic mass is 9.97.